The highest BCUT2D eigenvalue weighted by atomic mass is 32.2. The van der Waals surface area contributed by atoms with Crippen LogP contribution in [0.15, 0.2) is 0 Å². The third-order valence-electron chi connectivity index (χ3n) is 5.02. The minimum absolute atomic E-state index is 0.0243. The van der Waals surface area contributed by atoms with Crippen molar-refractivity contribution in [2.75, 3.05) is 32.8 Å². The lowest BCUT2D eigenvalue weighted by Gasteiger charge is -2.40. The lowest BCUT2D eigenvalue weighted by molar-refractivity contribution is -0.0193. The molecular formula is C15H29N3O3S. The van der Waals surface area contributed by atoms with E-state index in [1.165, 1.54) is 12.8 Å². The maximum absolute atomic E-state index is 12.9. The van der Waals surface area contributed by atoms with Crippen molar-refractivity contribution in [1.82, 2.24) is 13.9 Å². The van der Waals surface area contributed by atoms with Crippen LogP contribution >= 0.6 is 0 Å². The molecule has 3 fully saturated rings. The van der Waals surface area contributed by atoms with Gasteiger partial charge in [0.05, 0.1) is 12.7 Å². The Morgan fingerprint density at radius 3 is 2.45 bits per heavy atom. The summed E-state index contributed by atoms with van der Waals surface area (Å²) in [5, 5.41) is 3.60. The SMILES string of the molecule is C[C@@H]1CN(S(=O)(=O)N2CCC(NCC3CC3)CC2)[C@@H](C)CO1. The van der Waals surface area contributed by atoms with E-state index < -0.39 is 10.2 Å². The summed E-state index contributed by atoms with van der Waals surface area (Å²) in [6.45, 7) is 7.17. The van der Waals surface area contributed by atoms with E-state index in [0.717, 1.165) is 25.3 Å². The number of nitrogens with one attached hydrogen (secondary N) is 1. The van der Waals surface area contributed by atoms with Gasteiger partial charge in [0, 0.05) is 31.7 Å². The molecule has 22 heavy (non-hydrogen) atoms. The highest BCUT2D eigenvalue weighted by molar-refractivity contribution is 7.86. The molecule has 3 aliphatic rings. The molecular weight excluding hydrogens is 302 g/mol. The standard InChI is InChI=1S/C15H29N3O3S/c1-12-11-21-13(2)10-18(12)22(19,20)17-7-5-15(6-8-17)16-9-14-3-4-14/h12-16H,3-11H2,1-2H3/t12-,13+/m0/s1. The van der Waals surface area contributed by atoms with E-state index in [0.29, 0.717) is 32.3 Å². The first-order chi connectivity index (χ1) is 10.5. The normalized spacial score (nSPS) is 33.2. The highest BCUT2D eigenvalue weighted by Crippen LogP contribution is 2.28. The Hall–Kier alpha value is -0.210. The van der Waals surface area contributed by atoms with E-state index >= 15 is 0 Å². The Labute approximate surface area is 134 Å². The van der Waals surface area contributed by atoms with Crippen molar-refractivity contribution >= 4 is 10.2 Å². The minimum atomic E-state index is -3.35. The van der Waals surface area contributed by atoms with Crippen LogP contribution in [0.25, 0.3) is 0 Å². The molecule has 1 saturated carbocycles. The van der Waals surface area contributed by atoms with Crippen LogP contribution in [-0.4, -0.2) is 68.0 Å². The number of piperidine rings is 1. The molecule has 0 unspecified atom stereocenters. The first kappa shape index (κ1) is 16.6. The fraction of sp³-hybridized carbons (Fsp3) is 1.00. The van der Waals surface area contributed by atoms with Gasteiger partial charge in [-0.1, -0.05) is 0 Å². The second-order valence-electron chi connectivity index (χ2n) is 7.10. The summed E-state index contributed by atoms with van der Waals surface area (Å²) in [7, 11) is -3.35. The molecule has 6 nitrogen and oxygen atoms in total. The Balaban J connectivity index is 1.54. The predicted molar refractivity (Wildman–Crippen MR) is 85.8 cm³/mol. The number of hydrogen-bond donors (Lipinski definition) is 1. The maximum atomic E-state index is 12.9. The molecule has 2 atom stereocenters. The van der Waals surface area contributed by atoms with Gasteiger partial charge in [-0.05, 0) is 52.0 Å². The van der Waals surface area contributed by atoms with E-state index in [-0.39, 0.29) is 12.1 Å². The topological polar surface area (TPSA) is 61.9 Å². The molecule has 0 spiro atoms. The average molecular weight is 331 g/mol. The lowest BCUT2D eigenvalue weighted by atomic mass is 10.1. The molecule has 128 valence electrons. The fourth-order valence-corrected chi connectivity index (χ4v) is 5.17. The summed E-state index contributed by atoms with van der Waals surface area (Å²) >= 11 is 0. The number of hydrogen-bond acceptors (Lipinski definition) is 4. The Morgan fingerprint density at radius 1 is 1.14 bits per heavy atom. The molecule has 2 aliphatic heterocycles. The molecule has 0 aromatic rings. The third kappa shape index (κ3) is 3.82. The second-order valence-corrected chi connectivity index (χ2v) is 8.98. The summed E-state index contributed by atoms with van der Waals surface area (Å²) in [6.07, 6.45) is 4.52. The minimum Gasteiger partial charge on any atom is -0.375 e. The first-order valence-corrected chi connectivity index (χ1v) is 9.98. The van der Waals surface area contributed by atoms with Gasteiger partial charge in [-0.2, -0.15) is 17.0 Å². The van der Waals surface area contributed by atoms with E-state index in [2.05, 4.69) is 5.32 Å². The van der Waals surface area contributed by atoms with Crippen molar-refractivity contribution in [2.24, 2.45) is 5.92 Å². The zero-order valence-corrected chi connectivity index (χ0v) is 14.5. The number of rotatable bonds is 5. The largest absolute Gasteiger partial charge is 0.375 e. The zero-order chi connectivity index (χ0) is 15.7. The molecule has 0 aromatic carbocycles. The first-order valence-electron chi connectivity index (χ1n) is 8.58. The van der Waals surface area contributed by atoms with Gasteiger partial charge in [0.1, 0.15) is 0 Å². The lowest BCUT2D eigenvalue weighted by Crippen LogP contribution is -2.57. The number of nitrogens with zero attached hydrogens (tertiary/aromatic N) is 2. The van der Waals surface area contributed by atoms with Gasteiger partial charge in [-0.3, -0.25) is 0 Å². The van der Waals surface area contributed by atoms with Crippen molar-refractivity contribution in [1.29, 1.82) is 0 Å². The van der Waals surface area contributed by atoms with Crippen LogP contribution in [-0.2, 0) is 14.9 Å². The van der Waals surface area contributed by atoms with Crippen molar-refractivity contribution in [2.45, 2.75) is 57.7 Å². The molecule has 0 aromatic heterocycles. The van der Waals surface area contributed by atoms with Crippen LogP contribution in [0, 0.1) is 5.92 Å². The van der Waals surface area contributed by atoms with Gasteiger partial charge in [-0.25, -0.2) is 0 Å². The smallest absolute Gasteiger partial charge is 0.282 e. The van der Waals surface area contributed by atoms with Crippen LogP contribution in [0.4, 0.5) is 0 Å². The van der Waals surface area contributed by atoms with E-state index in [4.69, 9.17) is 4.74 Å². The van der Waals surface area contributed by atoms with Crippen LogP contribution in [0.3, 0.4) is 0 Å². The van der Waals surface area contributed by atoms with E-state index in [1.807, 2.05) is 13.8 Å². The second kappa shape index (κ2) is 6.73. The maximum Gasteiger partial charge on any atom is 0.282 e. The number of morpholine rings is 1. The van der Waals surface area contributed by atoms with Crippen LogP contribution in [0.5, 0.6) is 0 Å². The third-order valence-corrected chi connectivity index (χ3v) is 7.14. The molecule has 0 radical (unpaired) electrons. The average Bonchev–Trinajstić information content (AvgIpc) is 3.32. The Kier molecular flexibility index (Phi) is 5.09. The molecule has 1 N–H and O–H groups in total. The van der Waals surface area contributed by atoms with Gasteiger partial charge in [0.15, 0.2) is 0 Å². The monoisotopic (exact) mass is 331 g/mol. The molecule has 1 aliphatic carbocycles. The van der Waals surface area contributed by atoms with Crippen molar-refractivity contribution in [3.63, 3.8) is 0 Å². The van der Waals surface area contributed by atoms with E-state index in [1.54, 1.807) is 8.61 Å². The predicted octanol–water partition coefficient (Wildman–Crippen LogP) is 0.804. The van der Waals surface area contributed by atoms with Crippen LogP contribution in [0.2, 0.25) is 0 Å². The summed E-state index contributed by atoms with van der Waals surface area (Å²) in [4.78, 5) is 0. The summed E-state index contributed by atoms with van der Waals surface area (Å²) < 4.78 is 34.5. The summed E-state index contributed by atoms with van der Waals surface area (Å²) in [5.41, 5.74) is 0. The highest BCUT2D eigenvalue weighted by Gasteiger charge is 2.38. The van der Waals surface area contributed by atoms with Crippen LogP contribution < -0.4 is 5.32 Å². The molecule has 2 saturated heterocycles. The Morgan fingerprint density at radius 2 is 1.82 bits per heavy atom. The molecule has 3 rings (SSSR count). The van der Waals surface area contributed by atoms with Crippen molar-refractivity contribution < 1.29 is 13.2 Å². The van der Waals surface area contributed by atoms with Gasteiger partial charge >= 0.3 is 0 Å². The van der Waals surface area contributed by atoms with E-state index in [9.17, 15) is 8.42 Å². The van der Waals surface area contributed by atoms with Crippen LogP contribution in [0.1, 0.15) is 39.5 Å². The fourth-order valence-electron chi connectivity index (χ4n) is 3.29. The molecule has 2 heterocycles. The Bertz CT molecular complexity index is 472. The van der Waals surface area contributed by atoms with Crippen molar-refractivity contribution in [3.05, 3.63) is 0 Å². The van der Waals surface area contributed by atoms with Gasteiger partial charge < -0.3 is 10.1 Å². The quantitative estimate of drug-likeness (QED) is 0.810. The number of ether oxygens (including phenoxy) is 1. The van der Waals surface area contributed by atoms with Gasteiger partial charge in [-0.15, -0.1) is 0 Å². The zero-order valence-electron chi connectivity index (χ0n) is 13.7. The summed E-state index contributed by atoms with van der Waals surface area (Å²) in [5.74, 6) is 0.873. The van der Waals surface area contributed by atoms with Gasteiger partial charge in [0.2, 0.25) is 0 Å². The molecule has 0 bridgehead atoms. The van der Waals surface area contributed by atoms with Gasteiger partial charge in [0.25, 0.3) is 10.2 Å². The summed E-state index contributed by atoms with van der Waals surface area (Å²) in [6, 6.07) is 0.403. The van der Waals surface area contributed by atoms with Crippen molar-refractivity contribution in [3.8, 4) is 0 Å². The molecule has 7 heteroatoms. The molecule has 0 amide bonds.